The number of amides is 1. The molecule has 2 heterocycles. The van der Waals surface area contributed by atoms with Crippen molar-refractivity contribution in [1.29, 1.82) is 0 Å². The minimum absolute atomic E-state index is 0.0159. The molecule has 0 unspecified atom stereocenters. The van der Waals surface area contributed by atoms with Gasteiger partial charge in [-0.3, -0.25) is 4.79 Å². The van der Waals surface area contributed by atoms with Crippen LogP contribution in [-0.4, -0.2) is 36.1 Å². The van der Waals surface area contributed by atoms with Gasteiger partial charge in [0.1, 0.15) is 13.2 Å². The summed E-state index contributed by atoms with van der Waals surface area (Å²) in [5.74, 6) is 2.51. The van der Waals surface area contributed by atoms with Gasteiger partial charge < -0.3 is 14.8 Å². The molecule has 0 radical (unpaired) electrons. The lowest BCUT2D eigenvalue weighted by Gasteiger charge is -2.18. The molecule has 2 aromatic rings. The molecular formula is C16H18N2O3S2. The molecule has 0 aliphatic carbocycles. The topological polar surface area (TPSA) is 60.5 Å². The fraction of sp³-hybridized carbons (Fsp3) is 0.375. The SMILES string of the molecule is CSCCCC(=O)Nc1nc(-c2ccc3c(c2)OCCO3)cs1. The molecule has 0 fully saturated rings. The summed E-state index contributed by atoms with van der Waals surface area (Å²) in [6, 6.07) is 5.77. The summed E-state index contributed by atoms with van der Waals surface area (Å²) in [6.07, 6.45) is 3.45. The van der Waals surface area contributed by atoms with Gasteiger partial charge in [-0.2, -0.15) is 11.8 Å². The molecule has 1 amide bonds. The molecule has 0 saturated carbocycles. The van der Waals surface area contributed by atoms with E-state index in [-0.39, 0.29) is 5.91 Å². The number of hydrogen-bond acceptors (Lipinski definition) is 6. The van der Waals surface area contributed by atoms with Crippen LogP contribution in [0, 0.1) is 0 Å². The Labute approximate surface area is 143 Å². The first kappa shape index (κ1) is 16.1. The Bertz CT molecular complexity index is 688. The van der Waals surface area contributed by atoms with E-state index in [1.807, 2.05) is 29.8 Å². The maximum Gasteiger partial charge on any atom is 0.226 e. The number of fused-ring (bicyclic) bond motifs is 1. The third kappa shape index (κ3) is 4.17. The van der Waals surface area contributed by atoms with Crippen molar-refractivity contribution >= 4 is 34.1 Å². The lowest BCUT2D eigenvalue weighted by atomic mass is 10.1. The third-order valence-electron chi connectivity index (χ3n) is 3.34. The van der Waals surface area contributed by atoms with E-state index in [4.69, 9.17) is 9.47 Å². The van der Waals surface area contributed by atoms with Gasteiger partial charge >= 0.3 is 0 Å². The number of anilines is 1. The predicted octanol–water partition coefficient (Wildman–Crippen LogP) is 3.66. The minimum atomic E-state index is 0.0159. The van der Waals surface area contributed by atoms with Crippen molar-refractivity contribution in [3.05, 3.63) is 23.6 Å². The molecule has 23 heavy (non-hydrogen) atoms. The first-order valence-electron chi connectivity index (χ1n) is 7.40. The fourth-order valence-corrected chi connectivity index (χ4v) is 3.39. The molecule has 0 atom stereocenters. The summed E-state index contributed by atoms with van der Waals surface area (Å²) in [5.41, 5.74) is 1.78. The molecule has 122 valence electrons. The largest absolute Gasteiger partial charge is 0.486 e. The zero-order valence-corrected chi connectivity index (χ0v) is 14.5. The molecule has 0 bridgehead atoms. The number of hydrogen-bond donors (Lipinski definition) is 1. The van der Waals surface area contributed by atoms with Gasteiger partial charge in [0.15, 0.2) is 16.6 Å². The molecule has 0 spiro atoms. The average molecular weight is 350 g/mol. The number of nitrogens with zero attached hydrogens (tertiary/aromatic N) is 1. The van der Waals surface area contributed by atoms with Crippen LogP contribution in [0.5, 0.6) is 11.5 Å². The highest BCUT2D eigenvalue weighted by Gasteiger charge is 2.14. The van der Waals surface area contributed by atoms with E-state index in [9.17, 15) is 4.79 Å². The van der Waals surface area contributed by atoms with Crippen molar-refractivity contribution in [2.24, 2.45) is 0 Å². The standard InChI is InChI=1S/C16H18N2O3S2/c1-22-8-2-3-15(19)18-16-17-12(10-23-16)11-4-5-13-14(9-11)21-7-6-20-13/h4-5,9-10H,2-3,6-8H2,1H3,(H,17,18,19). The Kier molecular flexibility index (Phi) is 5.40. The summed E-state index contributed by atoms with van der Waals surface area (Å²) in [4.78, 5) is 16.3. The van der Waals surface area contributed by atoms with Crippen LogP contribution in [-0.2, 0) is 4.79 Å². The molecule has 0 saturated heterocycles. The number of ether oxygens (including phenoxy) is 2. The summed E-state index contributed by atoms with van der Waals surface area (Å²) in [6.45, 7) is 1.14. The van der Waals surface area contributed by atoms with Crippen LogP contribution in [0.15, 0.2) is 23.6 Å². The molecule has 1 aliphatic heterocycles. The second kappa shape index (κ2) is 7.70. The van der Waals surface area contributed by atoms with Gasteiger partial charge in [0, 0.05) is 17.4 Å². The van der Waals surface area contributed by atoms with Gasteiger partial charge in [-0.05, 0) is 36.6 Å². The van der Waals surface area contributed by atoms with Crippen molar-refractivity contribution < 1.29 is 14.3 Å². The highest BCUT2D eigenvalue weighted by molar-refractivity contribution is 7.98. The van der Waals surface area contributed by atoms with Gasteiger partial charge in [-0.25, -0.2) is 4.98 Å². The predicted molar refractivity (Wildman–Crippen MR) is 94.8 cm³/mol. The van der Waals surface area contributed by atoms with Crippen molar-refractivity contribution in [3.63, 3.8) is 0 Å². The Morgan fingerprint density at radius 3 is 3.00 bits per heavy atom. The molecule has 1 aliphatic rings. The number of benzene rings is 1. The molecule has 5 nitrogen and oxygen atoms in total. The number of rotatable bonds is 6. The number of thiazole rings is 1. The minimum Gasteiger partial charge on any atom is -0.486 e. The maximum atomic E-state index is 11.8. The molecule has 1 N–H and O–H groups in total. The first-order valence-corrected chi connectivity index (χ1v) is 9.68. The molecular weight excluding hydrogens is 332 g/mol. The van der Waals surface area contributed by atoms with Crippen LogP contribution in [0.25, 0.3) is 11.3 Å². The van der Waals surface area contributed by atoms with Crippen LogP contribution in [0.3, 0.4) is 0 Å². The van der Waals surface area contributed by atoms with Crippen molar-refractivity contribution in [2.45, 2.75) is 12.8 Å². The van der Waals surface area contributed by atoms with Gasteiger partial charge in [-0.15, -0.1) is 11.3 Å². The van der Waals surface area contributed by atoms with Crippen molar-refractivity contribution in [1.82, 2.24) is 4.98 Å². The van der Waals surface area contributed by atoms with Crippen LogP contribution < -0.4 is 14.8 Å². The third-order valence-corrected chi connectivity index (χ3v) is 4.80. The number of carbonyl (C=O) groups is 1. The zero-order chi connectivity index (χ0) is 16.1. The maximum absolute atomic E-state index is 11.8. The van der Waals surface area contributed by atoms with E-state index in [1.165, 1.54) is 11.3 Å². The quantitative estimate of drug-likeness (QED) is 0.806. The Hall–Kier alpha value is -1.73. The Balaban J connectivity index is 1.66. The summed E-state index contributed by atoms with van der Waals surface area (Å²) in [7, 11) is 0. The van der Waals surface area contributed by atoms with Gasteiger partial charge in [-0.1, -0.05) is 0 Å². The van der Waals surface area contributed by atoms with Gasteiger partial charge in [0.2, 0.25) is 5.91 Å². The number of aromatic nitrogens is 1. The molecule has 7 heteroatoms. The van der Waals surface area contributed by atoms with E-state index in [0.717, 1.165) is 34.9 Å². The van der Waals surface area contributed by atoms with Crippen LogP contribution in [0.1, 0.15) is 12.8 Å². The highest BCUT2D eigenvalue weighted by atomic mass is 32.2. The second-order valence-electron chi connectivity index (χ2n) is 5.04. The summed E-state index contributed by atoms with van der Waals surface area (Å²) in [5, 5.41) is 5.42. The van der Waals surface area contributed by atoms with E-state index in [1.54, 1.807) is 11.8 Å². The van der Waals surface area contributed by atoms with E-state index in [0.29, 0.717) is 24.8 Å². The monoisotopic (exact) mass is 350 g/mol. The fourth-order valence-electron chi connectivity index (χ4n) is 2.23. The summed E-state index contributed by atoms with van der Waals surface area (Å²) >= 11 is 3.18. The zero-order valence-electron chi connectivity index (χ0n) is 12.8. The average Bonchev–Trinajstić information content (AvgIpc) is 3.03. The van der Waals surface area contributed by atoms with Crippen LogP contribution in [0.4, 0.5) is 5.13 Å². The van der Waals surface area contributed by atoms with Crippen molar-refractivity contribution in [2.75, 3.05) is 30.5 Å². The van der Waals surface area contributed by atoms with Crippen LogP contribution in [0.2, 0.25) is 0 Å². The number of thioether (sulfide) groups is 1. The van der Waals surface area contributed by atoms with Gasteiger partial charge in [0.25, 0.3) is 0 Å². The molecule has 3 rings (SSSR count). The summed E-state index contributed by atoms with van der Waals surface area (Å²) < 4.78 is 11.1. The normalized spacial score (nSPS) is 12.9. The molecule has 1 aromatic heterocycles. The lowest BCUT2D eigenvalue weighted by Crippen LogP contribution is -2.15. The Morgan fingerprint density at radius 1 is 1.35 bits per heavy atom. The van der Waals surface area contributed by atoms with E-state index in [2.05, 4.69) is 10.3 Å². The van der Waals surface area contributed by atoms with Gasteiger partial charge in [0.05, 0.1) is 5.69 Å². The second-order valence-corrected chi connectivity index (χ2v) is 6.88. The lowest BCUT2D eigenvalue weighted by molar-refractivity contribution is -0.116. The van der Waals surface area contributed by atoms with E-state index >= 15 is 0 Å². The Morgan fingerprint density at radius 2 is 2.17 bits per heavy atom. The van der Waals surface area contributed by atoms with Crippen molar-refractivity contribution in [3.8, 4) is 22.8 Å². The number of carbonyl (C=O) groups excluding carboxylic acids is 1. The molecule has 1 aromatic carbocycles. The number of nitrogens with one attached hydrogen (secondary N) is 1. The van der Waals surface area contributed by atoms with Crippen LogP contribution >= 0.6 is 23.1 Å². The first-order chi connectivity index (χ1) is 11.3. The highest BCUT2D eigenvalue weighted by Crippen LogP contribution is 2.35. The van der Waals surface area contributed by atoms with E-state index < -0.39 is 0 Å². The smallest absolute Gasteiger partial charge is 0.226 e.